The van der Waals surface area contributed by atoms with Crippen LogP contribution in [0.2, 0.25) is 0 Å². The highest BCUT2D eigenvalue weighted by Gasteiger charge is 2.23. The third-order valence-electron chi connectivity index (χ3n) is 5.73. The summed E-state index contributed by atoms with van der Waals surface area (Å²) in [5.41, 5.74) is 4.55. The second-order valence-electron chi connectivity index (χ2n) is 8.34. The van der Waals surface area contributed by atoms with Crippen LogP contribution >= 0.6 is 34.4 Å². The molecule has 0 aliphatic rings. The van der Waals surface area contributed by atoms with E-state index in [-0.39, 0.29) is 23.8 Å². The molecule has 38 heavy (non-hydrogen) atoms. The molecule has 2 N–H and O–H groups in total. The van der Waals surface area contributed by atoms with Crippen molar-refractivity contribution < 1.29 is 14.3 Å². The Bertz CT molecular complexity index is 1670. The summed E-state index contributed by atoms with van der Waals surface area (Å²) in [6, 6.07) is 17.5. The first-order chi connectivity index (χ1) is 18.4. The van der Waals surface area contributed by atoms with E-state index < -0.39 is 5.97 Å². The zero-order chi connectivity index (χ0) is 26.6. The van der Waals surface area contributed by atoms with Gasteiger partial charge in [0, 0.05) is 21.9 Å². The number of nitrogens with one attached hydrogen (secondary N) is 2. The SMILES string of the molecule is CCOC(=O)c1c(-c2ccc(C)cc2)csc1NC(=O)CSc1nc2scc(-c3ccccc3)c2c(=O)[nH]1. The number of thioether (sulfide) groups is 1. The first-order valence-electron chi connectivity index (χ1n) is 11.8. The minimum Gasteiger partial charge on any atom is -0.462 e. The number of hydrogen-bond acceptors (Lipinski definition) is 8. The zero-order valence-electron chi connectivity index (χ0n) is 20.6. The quantitative estimate of drug-likeness (QED) is 0.126. The lowest BCUT2D eigenvalue weighted by atomic mass is 10.0. The molecule has 3 aromatic heterocycles. The Labute approximate surface area is 230 Å². The molecule has 0 radical (unpaired) electrons. The predicted octanol–water partition coefficient (Wildman–Crippen LogP) is 6.60. The maximum absolute atomic E-state index is 12.9. The van der Waals surface area contributed by atoms with E-state index in [0.717, 1.165) is 34.0 Å². The van der Waals surface area contributed by atoms with Gasteiger partial charge in [0.1, 0.15) is 15.4 Å². The van der Waals surface area contributed by atoms with Crippen LogP contribution in [0.3, 0.4) is 0 Å². The number of amides is 1. The minimum atomic E-state index is -0.490. The summed E-state index contributed by atoms with van der Waals surface area (Å²) in [4.78, 5) is 46.5. The highest BCUT2D eigenvalue weighted by atomic mass is 32.2. The molecule has 10 heteroatoms. The fourth-order valence-corrected chi connectivity index (χ4v) is 6.57. The van der Waals surface area contributed by atoms with Crippen molar-refractivity contribution in [2.24, 2.45) is 0 Å². The summed E-state index contributed by atoms with van der Waals surface area (Å²) in [5.74, 6) is -0.807. The van der Waals surface area contributed by atoms with Gasteiger partial charge in [-0.15, -0.1) is 22.7 Å². The van der Waals surface area contributed by atoms with Crippen LogP contribution in [0.5, 0.6) is 0 Å². The third-order valence-corrected chi connectivity index (χ3v) is 8.37. The fraction of sp³-hybridized carbons (Fsp3) is 0.143. The number of rotatable bonds is 8. The van der Waals surface area contributed by atoms with Gasteiger partial charge in [-0.1, -0.05) is 71.9 Å². The molecule has 0 saturated heterocycles. The van der Waals surface area contributed by atoms with E-state index in [1.807, 2.05) is 72.3 Å². The van der Waals surface area contributed by atoms with Gasteiger partial charge in [0.2, 0.25) is 5.91 Å². The van der Waals surface area contributed by atoms with Crippen molar-refractivity contribution in [3.05, 3.63) is 86.8 Å². The number of carbonyl (C=O) groups is 2. The van der Waals surface area contributed by atoms with E-state index >= 15 is 0 Å². The molecule has 3 heterocycles. The van der Waals surface area contributed by atoms with Crippen molar-refractivity contribution in [2.75, 3.05) is 17.7 Å². The number of nitrogens with zero attached hydrogens (tertiary/aromatic N) is 1. The lowest BCUT2D eigenvalue weighted by Gasteiger charge is -2.09. The molecule has 0 saturated carbocycles. The van der Waals surface area contributed by atoms with Crippen LogP contribution in [0.15, 0.2) is 75.3 Å². The van der Waals surface area contributed by atoms with Crippen molar-refractivity contribution in [1.29, 1.82) is 0 Å². The Balaban J connectivity index is 1.33. The van der Waals surface area contributed by atoms with Crippen LogP contribution in [-0.4, -0.2) is 34.2 Å². The number of H-pyrrole nitrogens is 1. The predicted molar refractivity (Wildman–Crippen MR) is 155 cm³/mol. The van der Waals surface area contributed by atoms with Crippen molar-refractivity contribution in [3.8, 4) is 22.3 Å². The van der Waals surface area contributed by atoms with Gasteiger partial charge in [-0.2, -0.15) is 0 Å². The van der Waals surface area contributed by atoms with E-state index in [4.69, 9.17) is 4.74 Å². The van der Waals surface area contributed by atoms with Crippen molar-refractivity contribution in [2.45, 2.75) is 19.0 Å². The molecule has 192 valence electrons. The van der Waals surface area contributed by atoms with Gasteiger partial charge in [-0.3, -0.25) is 9.59 Å². The molecule has 0 atom stereocenters. The molecular weight excluding hydrogens is 539 g/mol. The number of ether oxygens (including phenoxy) is 1. The number of aryl methyl sites for hydroxylation is 1. The van der Waals surface area contributed by atoms with Gasteiger partial charge >= 0.3 is 5.97 Å². The monoisotopic (exact) mass is 561 g/mol. The molecular formula is C28H23N3O4S3. The number of benzene rings is 2. The second-order valence-corrected chi connectivity index (χ2v) is 11.0. The summed E-state index contributed by atoms with van der Waals surface area (Å²) in [6.07, 6.45) is 0. The average molecular weight is 562 g/mol. The topological polar surface area (TPSA) is 101 Å². The van der Waals surface area contributed by atoms with Gasteiger partial charge in [0.15, 0.2) is 5.16 Å². The van der Waals surface area contributed by atoms with E-state index in [0.29, 0.717) is 31.5 Å². The van der Waals surface area contributed by atoms with Crippen molar-refractivity contribution >= 4 is 61.5 Å². The molecule has 0 fully saturated rings. The first kappa shape index (κ1) is 25.9. The Morgan fingerprint density at radius 1 is 1.00 bits per heavy atom. The molecule has 0 spiro atoms. The van der Waals surface area contributed by atoms with Crippen LogP contribution in [0.1, 0.15) is 22.8 Å². The molecule has 1 amide bonds. The molecule has 2 aromatic carbocycles. The first-order valence-corrected chi connectivity index (χ1v) is 14.5. The summed E-state index contributed by atoms with van der Waals surface area (Å²) in [5, 5.41) is 7.92. The van der Waals surface area contributed by atoms with Crippen LogP contribution in [0.25, 0.3) is 32.5 Å². The Hall–Kier alpha value is -3.73. The lowest BCUT2D eigenvalue weighted by molar-refractivity contribution is -0.113. The molecule has 0 bridgehead atoms. The van der Waals surface area contributed by atoms with Gasteiger partial charge in [-0.05, 0) is 25.0 Å². The Morgan fingerprint density at radius 2 is 1.71 bits per heavy atom. The smallest absolute Gasteiger partial charge is 0.341 e. The van der Waals surface area contributed by atoms with Gasteiger partial charge in [0.25, 0.3) is 5.56 Å². The van der Waals surface area contributed by atoms with Gasteiger partial charge in [-0.25, -0.2) is 9.78 Å². The van der Waals surface area contributed by atoms with Crippen molar-refractivity contribution in [1.82, 2.24) is 9.97 Å². The Morgan fingerprint density at radius 3 is 2.45 bits per heavy atom. The number of carbonyl (C=O) groups excluding carboxylic acids is 2. The van der Waals surface area contributed by atoms with E-state index in [2.05, 4.69) is 15.3 Å². The van der Waals surface area contributed by atoms with Crippen LogP contribution in [0, 0.1) is 6.92 Å². The number of aromatic amines is 1. The number of esters is 1. The van der Waals surface area contributed by atoms with Crippen LogP contribution in [0.4, 0.5) is 5.00 Å². The van der Waals surface area contributed by atoms with E-state index in [1.165, 1.54) is 22.7 Å². The van der Waals surface area contributed by atoms with Crippen LogP contribution in [-0.2, 0) is 9.53 Å². The maximum Gasteiger partial charge on any atom is 0.341 e. The number of aromatic nitrogens is 2. The maximum atomic E-state index is 12.9. The number of fused-ring (bicyclic) bond motifs is 1. The summed E-state index contributed by atoms with van der Waals surface area (Å²) in [7, 11) is 0. The van der Waals surface area contributed by atoms with Gasteiger partial charge < -0.3 is 15.0 Å². The number of hydrogen-bond donors (Lipinski definition) is 2. The number of thiophene rings is 2. The zero-order valence-corrected chi connectivity index (χ0v) is 23.0. The average Bonchev–Trinajstić information content (AvgIpc) is 3.53. The largest absolute Gasteiger partial charge is 0.462 e. The summed E-state index contributed by atoms with van der Waals surface area (Å²) in [6.45, 7) is 3.96. The fourth-order valence-electron chi connectivity index (χ4n) is 3.93. The van der Waals surface area contributed by atoms with Gasteiger partial charge in [0.05, 0.1) is 17.7 Å². The normalized spacial score (nSPS) is 11.0. The highest BCUT2D eigenvalue weighted by Crippen LogP contribution is 2.37. The molecule has 0 aliphatic heterocycles. The van der Waals surface area contributed by atoms with E-state index in [9.17, 15) is 14.4 Å². The van der Waals surface area contributed by atoms with Crippen LogP contribution < -0.4 is 10.9 Å². The second kappa shape index (κ2) is 11.3. The van der Waals surface area contributed by atoms with E-state index in [1.54, 1.807) is 6.92 Å². The molecule has 7 nitrogen and oxygen atoms in total. The Kier molecular flexibility index (Phi) is 7.73. The molecule has 0 unspecified atom stereocenters. The van der Waals surface area contributed by atoms with Crippen molar-refractivity contribution in [3.63, 3.8) is 0 Å². The summed E-state index contributed by atoms with van der Waals surface area (Å²) >= 11 is 3.79. The standard InChI is InChI=1S/C28H23N3O4S3/c1-3-35-27(34)23-20(18-11-9-16(2)10-12-18)14-37-26(23)29-21(32)15-38-28-30-24(33)22-19(13-36-25(22)31-28)17-7-5-4-6-8-17/h4-14H,3,15H2,1-2H3,(H,29,32)(H,30,31,33). The third kappa shape index (κ3) is 5.42. The lowest BCUT2D eigenvalue weighted by Crippen LogP contribution is -2.17. The highest BCUT2D eigenvalue weighted by molar-refractivity contribution is 7.99. The number of anilines is 1. The minimum absolute atomic E-state index is 0.00535. The molecule has 0 aliphatic carbocycles. The molecule has 5 aromatic rings. The molecule has 5 rings (SSSR count). The summed E-state index contributed by atoms with van der Waals surface area (Å²) < 4.78 is 5.27.